The Morgan fingerprint density at radius 1 is 1.00 bits per heavy atom. The topological polar surface area (TPSA) is 80.3 Å². The lowest BCUT2D eigenvalue weighted by Crippen LogP contribution is -2.49. The minimum atomic E-state index is -0.487. The zero-order valence-corrected chi connectivity index (χ0v) is 14.6. The first-order valence-electron chi connectivity index (χ1n) is 8.67. The quantitative estimate of drug-likeness (QED) is 0.717. The van der Waals surface area contributed by atoms with Crippen LogP contribution >= 0.6 is 0 Å². The second kappa shape index (κ2) is 7.06. The number of nitrogens with two attached hydrogens (primary N) is 1. The number of piperazine rings is 1. The van der Waals surface area contributed by atoms with Crippen LogP contribution in [0.2, 0.25) is 0 Å². The zero-order chi connectivity index (χ0) is 18.8. The fourth-order valence-corrected chi connectivity index (χ4v) is 3.28. The molecule has 2 heterocycles. The van der Waals surface area contributed by atoms with Crippen molar-refractivity contribution in [1.82, 2.24) is 19.7 Å². The van der Waals surface area contributed by atoms with Crippen LogP contribution in [-0.2, 0) is 0 Å². The molecular formula is C19H19FN6O. The Hall–Kier alpha value is -3.42. The van der Waals surface area contributed by atoms with Crippen molar-refractivity contribution in [2.45, 2.75) is 0 Å². The van der Waals surface area contributed by atoms with Gasteiger partial charge in [0.15, 0.2) is 0 Å². The monoisotopic (exact) mass is 366 g/mol. The Balaban J connectivity index is 1.45. The van der Waals surface area contributed by atoms with Gasteiger partial charge in [-0.05, 0) is 30.3 Å². The molecule has 1 fully saturated rings. The van der Waals surface area contributed by atoms with Gasteiger partial charge in [0.1, 0.15) is 18.5 Å². The van der Waals surface area contributed by atoms with E-state index < -0.39 is 5.82 Å². The van der Waals surface area contributed by atoms with Gasteiger partial charge in [0.2, 0.25) is 0 Å². The number of rotatable bonds is 3. The minimum absolute atomic E-state index is 0.115. The molecule has 27 heavy (non-hydrogen) atoms. The molecular weight excluding hydrogens is 347 g/mol. The number of carbonyl (C=O) groups is 1. The smallest absolute Gasteiger partial charge is 0.256 e. The lowest BCUT2D eigenvalue weighted by atomic mass is 10.1. The third kappa shape index (κ3) is 3.33. The van der Waals surface area contributed by atoms with Crippen LogP contribution in [0.1, 0.15) is 10.4 Å². The van der Waals surface area contributed by atoms with E-state index in [1.165, 1.54) is 12.1 Å². The van der Waals surface area contributed by atoms with E-state index >= 15 is 0 Å². The number of amides is 1. The third-order valence-corrected chi connectivity index (χ3v) is 4.74. The first kappa shape index (κ1) is 17.0. The van der Waals surface area contributed by atoms with Gasteiger partial charge in [-0.25, -0.2) is 4.39 Å². The second-order valence-electron chi connectivity index (χ2n) is 6.37. The van der Waals surface area contributed by atoms with Gasteiger partial charge in [-0.1, -0.05) is 12.1 Å². The Morgan fingerprint density at radius 3 is 2.37 bits per heavy atom. The molecule has 0 atom stereocenters. The molecule has 0 unspecified atom stereocenters. The first-order chi connectivity index (χ1) is 13.1. The molecule has 7 nitrogen and oxygen atoms in total. The molecule has 3 aromatic rings. The molecule has 138 valence electrons. The van der Waals surface area contributed by atoms with E-state index in [9.17, 15) is 9.18 Å². The summed E-state index contributed by atoms with van der Waals surface area (Å²) in [6.45, 7) is 2.30. The number of nitrogens with zero attached hydrogens (tertiary/aromatic N) is 5. The molecule has 1 aliphatic rings. The van der Waals surface area contributed by atoms with Crippen LogP contribution in [0.25, 0.3) is 5.69 Å². The molecule has 1 saturated heterocycles. The Bertz CT molecular complexity index is 951. The predicted molar refractivity (Wildman–Crippen MR) is 100 cm³/mol. The highest BCUT2D eigenvalue weighted by atomic mass is 19.1. The fourth-order valence-electron chi connectivity index (χ4n) is 3.28. The summed E-state index contributed by atoms with van der Waals surface area (Å²) >= 11 is 0. The fraction of sp³-hybridized carbons (Fsp3) is 0.211. The highest BCUT2D eigenvalue weighted by Gasteiger charge is 2.24. The van der Waals surface area contributed by atoms with Gasteiger partial charge in [0.05, 0.1) is 22.6 Å². The van der Waals surface area contributed by atoms with Gasteiger partial charge in [-0.2, -0.15) is 0 Å². The Labute approximate surface area is 155 Å². The standard InChI is InChI=1S/C19H19FN6O/c20-16-4-2-1-3-15(16)19(27)25-9-7-24(8-10-25)18-6-5-14(11-17(18)21)26-12-22-23-13-26/h1-6,11-13H,7-10,21H2. The summed E-state index contributed by atoms with van der Waals surface area (Å²) in [5.74, 6) is -0.762. The molecule has 0 radical (unpaired) electrons. The summed E-state index contributed by atoms with van der Waals surface area (Å²) in [5.41, 5.74) is 8.81. The molecule has 4 rings (SSSR count). The van der Waals surface area contributed by atoms with E-state index in [0.29, 0.717) is 31.9 Å². The van der Waals surface area contributed by atoms with E-state index in [2.05, 4.69) is 15.1 Å². The van der Waals surface area contributed by atoms with Gasteiger partial charge in [0.25, 0.3) is 5.91 Å². The number of carbonyl (C=O) groups excluding carboxylic acids is 1. The van der Waals surface area contributed by atoms with Gasteiger partial charge in [-0.3, -0.25) is 9.36 Å². The van der Waals surface area contributed by atoms with E-state index in [4.69, 9.17) is 5.73 Å². The van der Waals surface area contributed by atoms with Crippen molar-refractivity contribution < 1.29 is 9.18 Å². The SMILES string of the molecule is Nc1cc(-n2cnnc2)ccc1N1CCN(C(=O)c2ccccc2F)CC1. The van der Waals surface area contributed by atoms with Crippen molar-refractivity contribution in [2.24, 2.45) is 0 Å². The van der Waals surface area contributed by atoms with Gasteiger partial charge >= 0.3 is 0 Å². The van der Waals surface area contributed by atoms with Crippen LogP contribution in [0.15, 0.2) is 55.1 Å². The molecule has 0 bridgehead atoms. The number of halogens is 1. The van der Waals surface area contributed by atoms with Crippen LogP contribution in [-0.4, -0.2) is 51.8 Å². The van der Waals surface area contributed by atoms with Crippen molar-refractivity contribution in [1.29, 1.82) is 0 Å². The summed E-state index contributed by atoms with van der Waals surface area (Å²) in [6, 6.07) is 11.9. The lowest BCUT2D eigenvalue weighted by molar-refractivity contribution is 0.0742. The number of anilines is 2. The van der Waals surface area contributed by atoms with Crippen LogP contribution < -0.4 is 10.6 Å². The molecule has 2 N–H and O–H groups in total. The Morgan fingerprint density at radius 2 is 1.70 bits per heavy atom. The van der Waals surface area contributed by atoms with E-state index in [1.54, 1.807) is 34.3 Å². The molecule has 1 aliphatic heterocycles. The van der Waals surface area contributed by atoms with Crippen molar-refractivity contribution in [2.75, 3.05) is 36.8 Å². The average Bonchev–Trinajstić information content (AvgIpc) is 3.23. The maximum atomic E-state index is 13.9. The molecule has 0 aliphatic carbocycles. The van der Waals surface area contributed by atoms with Crippen molar-refractivity contribution >= 4 is 17.3 Å². The van der Waals surface area contributed by atoms with Crippen molar-refractivity contribution in [3.05, 3.63) is 66.5 Å². The molecule has 1 amide bonds. The Kier molecular flexibility index (Phi) is 4.45. The molecule has 0 saturated carbocycles. The largest absolute Gasteiger partial charge is 0.397 e. The van der Waals surface area contributed by atoms with Crippen molar-refractivity contribution in [3.8, 4) is 5.69 Å². The molecule has 8 heteroatoms. The summed E-state index contributed by atoms with van der Waals surface area (Å²) in [6.07, 6.45) is 3.23. The van der Waals surface area contributed by atoms with Crippen LogP contribution in [0.4, 0.5) is 15.8 Å². The predicted octanol–water partition coefficient (Wildman–Crippen LogP) is 1.95. The summed E-state index contributed by atoms with van der Waals surface area (Å²) in [4.78, 5) is 16.3. The zero-order valence-electron chi connectivity index (χ0n) is 14.6. The maximum absolute atomic E-state index is 13.9. The van der Waals surface area contributed by atoms with Gasteiger partial charge in [-0.15, -0.1) is 10.2 Å². The maximum Gasteiger partial charge on any atom is 0.256 e. The van der Waals surface area contributed by atoms with Crippen LogP contribution in [0.3, 0.4) is 0 Å². The number of hydrogen-bond donors (Lipinski definition) is 1. The number of benzene rings is 2. The van der Waals surface area contributed by atoms with E-state index in [0.717, 1.165) is 11.4 Å². The number of nitrogen functional groups attached to an aromatic ring is 1. The third-order valence-electron chi connectivity index (χ3n) is 4.74. The number of hydrogen-bond acceptors (Lipinski definition) is 5. The normalized spacial score (nSPS) is 14.4. The summed E-state index contributed by atoms with van der Waals surface area (Å²) in [7, 11) is 0. The molecule has 0 spiro atoms. The highest BCUT2D eigenvalue weighted by molar-refractivity contribution is 5.94. The van der Waals surface area contributed by atoms with Gasteiger partial charge in [0, 0.05) is 26.2 Å². The van der Waals surface area contributed by atoms with E-state index in [1.807, 2.05) is 18.2 Å². The lowest BCUT2D eigenvalue weighted by Gasteiger charge is -2.36. The first-order valence-corrected chi connectivity index (χ1v) is 8.67. The summed E-state index contributed by atoms with van der Waals surface area (Å²) < 4.78 is 15.6. The van der Waals surface area contributed by atoms with Gasteiger partial charge < -0.3 is 15.5 Å². The number of aromatic nitrogens is 3. The second-order valence-corrected chi connectivity index (χ2v) is 6.37. The average molecular weight is 366 g/mol. The minimum Gasteiger partial charge on any atom is -0.397 e. The van der Waals surface area contributed by atoms with E-state index in [-0.39, 0.29) is 11.5 Å². The molecule has 1 aromatic heterocycles. The summed E-state index contributed by atoms with van der Waals surface area (Å²) in [5, 5.41) is 7.59. The highest BCUT2D eigenvalue weighted by Crippen LogP contribution is 2.27. The molecule has 2 aromatic carbocycles. The van der Waals surface area contributed by atoms with Crippen LogP contribution in [0, 0.1) is 5.82 Å². The van der Waals surface area contributed by atoms with Crippen LogP contribution in [0.5, 0.6) is 0 Å². The van der Waals surface area contributed by atoms with Crippen molar-refractivity contribution in [3.63, 3.8) is 0 Å².